The largest absolute Gasteiger partial charge is 0.320 e. The molecule has 0 aliphatic carbocycles. The number of allylic oxidation sites excluding steroid dienone is 1. The molecule has 0 fully saturated rings. The van der Waals surface area contributed by atoms with E-state index in [1.807, 2.05) is 6.20 Å². The van der Waals surface area contributed by atoms with E-state index >= 15 is 0 Å². The molecule has 25 heavy (non-hydrogen) atoms. The Kier molecular flexibility index (Phi) is 4.14. The van der Waals surface area contributed by atoms with Crippen molar-refractivity contribution in [2.45, 2.75) is 26.7 Å². The standard InChI is InChI=1S/C21H24N4/c1-15-4-5-20-18(12-15)17-6-10-24(3)11-7-21(17)25(20)14-16(2)19-13-22-8-9-23-19/h4-5,8-9,12-14H,6-7,10-11H2,1-3H3. The summed E-state index contributed by atoms with van der Waals surface area (Å²) in [5.74, 6) is 0. The van der Waals surface area contributed by atoms with Crippen molar-refractivity contribution in [2.24, 2.45) is 0 Å². The van der Waals surface area contributed by atoms with E-state index in [9.17, 15) is 0 Å². The van der Waals surface area contributed by atoms with Crippen LogP contribution in [0.1, 0.15) is 29.4 Å². The van der Waals surface area contributed by atoms with Gasteiger partial charge in [-0.3, -0.25) is 9.97 Å². The lowest BCUT2D eigenvalue weighted by Gasteiger charge is -2.13. The third-order valence-electron chi connectivity index (χ3n) is 5.14. The molecule has 0 bridgehead atoms. The van der Waals surface area contributed by atoms with Crippen LogP contribution in [0, 0.1) is 6.92 Å². The van der Waals surface area contributed by atoms with Crippen molar-refractivity contribution < 1.29 is 0 Å². The Labute approximate surface area is 148 Å². The van der Waals surface area contributed by atoms with Gasteiger partial charge in [0.05, 0.1) is 17.4 Å². The van der Waals surface area contributed by atoms with E-state index in [-0.39, 0.29) is 0 Å². The lowest BCUT2D eigenvalue weighted by atomic mass is 10.1. The fraction of sp³-hybridized carbons (Fsp3) is 0.333. The van der Waals surface area contributed by atoms with Crippen LogP contribution in [0.4, 0.5) is 0 Å². The van der Waals surface area contributed by atoms with Crippen molar-refractivity contribution in [2.75, 3.05) is 20.1 Å². The second kappa shape index (κ2) is 6.45. The first-order valence-corrected chi connectivity index (χ1v) is 8.89. The maximum atomic E-state index is 4.44. The summed E-state index contributed by atoms with van der Waals surface area (Å²) in [4.78, 5) is 11.1. The molecule has 0 radical (unpaired) electrons. The zero-order chi connectivity index (χ0) is 17.4. The van der Waals surface area contributed by atoms with Gasteiger partial charge in [-0.05, 0) is 50.6 Å². The summed E-state index contributed by atoms with van der Waals surface area (Å²) in [6, 6.07) is 6.79. The molecule has 0 saturated carbocycles. The summed E-state index contributed by atoms with van der Waals surface area (Å²) < 4.78 is 2.38. The van der Waals surface area contributed by atoms with Crippen LogP contribution in [-0.2, 0) is 12.8 Å². The SMILES string of the molecule is CC(=Cn1c2c(c3cc(C)ccc31)CCN(C)CC2)c1cnccn1. The molecular formula is C21H24N4. The van der Waals surface area contributed by atoms with Gasteiger partial charge in [-0.15, -0.1) is 0 Å². The third kappa shape index (κ3) is 2.98. The van der Waals surface area contributed by atoms with Crippen LogP contribution in [0.25, 0.3) is 22.7 Å². The Balaban J connectivity index is 1.91. The van der Waals surface area contributed by atoms with Gasteiger partial charge >= 0.3 is 0 Å². The minimum Gasteiger partial charge on any atom is -0.320 e. The van der Waals surface area contributed by atoms with Crippen LogP contribution in [-0.4, -0.2) is 39.6 Å². The molecule has 128 valence electrons. The van der Waals surface area contributed by atoms with E-state index in [4.69, 9.17) is 0 Å². The van der Waals surface area contributed by atoms with Crippen LogP contribution < -0.4 is 0 Å². The monoisotopic (exact) mass is 332 g/mol. The third-order valence-corrected chi connectivity index (χ3v) is 5.14. The number of aromatic nitrogens is 3. The molecule has 4 nitrogen and oxygen atoms in total. The Morgan fingerprint density at radius 3 is 2.80 bits per heavy atom. The second-order valence-electron chi connectivity index (χ2n) is 7.02. The smallest absolute Gasteiger partial charge is 0.0856 e. The first kappa shape index (κ1) is 16.0. The van der Waals surface area contributed by atoms with Gasteiger partial charge in [0.25, 0.3) is 0 Å². The molecule has 0 spiro atoms. The summed E-state index contributed by atoms with van der Waals surface area (Å²) in [6.45, 7) is 6.50. The summed E-state index contributed by atoms with van der Waals surface area (Å²) >= 11 is 0. The van der Waals surface area contributed by atoms with E-state index < -0.39 is 0 Å². The zero-order valence-corrected chi connectivity index (χ0v) is 15.2. The van der Waals surface area contributed by atoms with Crippen LogP contribution >= 0.6 is 0 Å². The van der Waals surface area contributed by atoms with Crippen molar-refractivity contribution in [3.63, 3.8) is 0 Å². The quantitative estimate of drug-likeness (QED) is 0.716. The Bertz CT molecular complexity index is 937. The van der Waals surface area contributed by atoms with Gasteiger partial charge in [-0.25, -0.2) is 0 Å². The predicted octanol–water partition coefficient (Wildman–Crippen LogP) is 3.79. The average molecular weight is 332 g/mol. The predicted molar refractivity (Wildman–Crippen MR) is 103 cm³/mol. The Morgan fingerprint density at radius 2 is 2.00 bits per heavy atom. The highest BCUT2D eigenvalue weighted by Crippen LogP contribution is 2.31. The number of rotatable bonds is 2. The lowest BCUT2D eigenvalue weighted by molar-refractivity contribution is 0.351. The summed E-state index contributed by atoms with van der Waals surface area (Å²) in [7, 11) is 2.21. The van der Waals surface area contributed by atoms with E-state index in [0.717, 1.165) is 37.2 Å². The van der Waals surface area contributed by atoms with Gasteiger partial charge in [0.1, 0.15) is 0 Å². The normalized spacial score (nSPS) is 16.0. The van der Waals surface area contributed by atoms with Crippen molar-refractivity contribution in [3.05, 3.63) is 59.3 Å². The molecule has 0 unspecified atom stereocenters. The highest BCUT2D eigenvalue weighted by atomic mass is 15.1. The van der Waals surface area contributed by atoms with E-state index in [1.165, 1.54) is 27.7 Å². The fourth-order valence-corrected chi connectivity index (χ4v) is 3.72. The first-order chi connectivity index (χ1) is 12.1. The highest BCUT2D eigenvalue weighted by Gasteiger charge is 2.20. The molecule has 0 N–H and O–H groups in total. The van der Waals surface area contributed by atoms with Crippen molar-refractivity contribution in [1.29, 1.82) is 0 Å². The van der Waals surface area contributed by atoms with E-state index in [0.29, 0.717) is 0 Å². The van der Waals surface area contributed by atoms with Gasteiger partial charge < -0.3 is 9.47 Å². The Hall–Kier alpha value is -2.46. The number of aryl methyl sites for hydroxylation is 1. The Morgan fingerprint density at radius 1 is 1.16 bits per heavy atom. The van der Waals surface area contributed by atoms with Crippen LogP contribution in [0.15, 0.2) is 36.8 Å². The maximum absolute atomic E-state index is 4.44. The summed E-state index contributed by atoms with van der Waals surface area (Å²) in [5.41, 5.74) is 7.62. The van der Waals surface area contributed by atoms with Gasteiger partial charge in [-0.1, -0.05) is 11.6 Å². The number of hydrogen-bond acceptors (Lipinski definition) is 3. The molecule has 0 saturated heterocycles. The first-order valence-electron chi connectivity index (χ1n) is 8.89. The topological polar surface area (TPSA) is 34.0 Å². The fourth-order valence-electron chi connectivity index (χ4n) is 3.72. The zero-order valence-electron chi connectivity index (χ0n) is 15.2. The number of likely N-dealkylation sites (N-methyl/N-ethyl adjacent to an activating group) is 1. The molecule has 3 heterocycles. The molecule has 4 heteroatoms. The van der Waals surface area contributed by atoms with Crippen LogP contribution in [0.2, 0.25) is 0 Å². The van der Waals surface area contributed by atoms with Gasteiger partial charge in [0.2, 0.25) is 0 Å². The minimum absolute atomic E-state index is 0.927. The molecule has 2 aromatic heterocycles. The average Bonchev–Trinajstić information content (AvgIpc) is 2.76. The maximum Gasteiger partial charge on any atom is 0.0856 e. The summed E-state index contributed by atoms with van der Waals surface area (Å²) in [5, 5.41) is 1.40. The van der Waals surface area contributed by atoms with Crippen molar-refractivity contribution >= 4 is 22.7 Å². The van der Waals surface area contributed by atoms with Crippen LogP contribution in [0.5, 0.6) is 0 Å². The van der Waals surface area contributed by atoms with Crippen molar-refractivity contribution in [1.82, 2.24) is 19.4 Å². The molecule has 3 aromatic rings. The lowest BCUT2D eigenvalue weighted by Crippen LogP contribution is -2.21. The minimum atomic E-state index is 0.927. The van der Waals surface area contributed by atoms with Gasteiger partial charge in [0.15, 0.2) is 0 Å². The van der Waals surface area contributed by atoms with Gasteiger partial charge in [-0.2, -0.15) is 0 Å². The van der Waals surface area contributed by atoms with Crippen LogP contribution in [0.3, 0.4) is 0 Å². The molecule has 0 amide bonds. The molecular weight excluding hydrogens is 308 g/mol. The molecule has 1 aliphatic heterocycles. The van der Waals surface area contributed by atoms with E-state index in [1.54, 1.807) is 12.4 Å². The summed E-state index contributed by atoms with van der Waals surface area (Å²) in [6.07, 6.45) is 9.70. The highest BCUT2D eigenvalue weighted by molar-refractivity contribution is 5.90. The van der Waals surface area contributed by atoms with Gasteiger partial charge in [0, 0.05) is 49.2 Å². The number of hydrogen-bond donors (Lipinski definition) is 0. The molecule has 0 atom stereocenters. The van der Waals surface area contributed by atoms with E-state index in [2.05, 4.69) is 64.7 Å². The molecule has 4 rings (SSSR count). The molecule has 1 aromatic carbocycles. The van der Waals surface area contributed by atoms with Crippen molar-refractivity contribution in [3.8, 4) is 0 Å². The second-order valence-corrected chi connectivity index (χ2v) is 7.02. The number of benzene rings is 1. The molecule has 1 aliphatic rings. The number of fused-ring (bicyclic) bond motifs is 3. The number of nitrogens with zero attached hydrogens (tertiary/aromatic N) is 4.